The zero-order valence-corrected chi connectivity index (χ0v) is 9.00. The Bertz CT molecular complexity index is 479. The summed E-state index contributed by atoms with van der Waals surface area (Å²) in [7, 11) is 0. The van der Waals surface area contributed by atoms with E-state index >= 15 is 0 Å². The number of hydrogen-bond donors (Lipinski definition) is 1. The van der Waals surface area contributed by atoms with Crippen molar-refractivity contribution in [2.24, 2.45) is 0 Å². The molecule has 88 valence electrons. The van der Waals surface area contributed by atoms with Crippen LogP contribution in [0.1, 0.15) is 5.69 Å². The first-order valence-electron chi connectivity index (χ1n) is 4.78. The zero-order chi connectivity index (χ0) is 12.7. The summed E-state index contributed by atoms with van der Waals surface area (Å²) in [5.74, 6) is 0.672. The molecule has 5 heteroatoms. The van der Waals surface area contributed by atoms with Crippen LogP contribution in [0.15, 0.2) is 24.4 Å². The van der Waals surface area contributed by atoms with Gasteiger partial charge in [-0.05, 0) is 18.2 Å². The first-order chi connectivity index (χ1) is 8.13. The molecular formula is C12H11NO4. The van der Waals surface area contributed by atoms with Gasteiger partial charge in [0, 0.05) is 18.0 Å². The third-order valence-corrected chi connectivity index (χ3v) is 1.88. The van der Waals surface area contributed by atoms with E-state index in [0.717, 1.165) is 6.08 Å². The lowest BCUT2D eigenvalue weighted by Gasteiger charge is -2.05. The highest BCUT2D eigenvalue weighted by molar-refractivity contribution is 5.85. The van der Waals surface area contributed by atoms with Gasteiger partial charge in [0.25, 0.3) is 0 Å². The lowest BCUT2D eigenvalue weighted by Crippen LogP contribution is -2.13. The summed E-state index contributed by atoms with van der Waals surface area (Å²) in [5, 5.41) is 8.49. The molecule has 0 atom stereocenters. The molecule has 0 radical (unpaired) electrons. The molecule has 1 N–H and O–H groups in total. The number of terminal acetylenes is 1. The van der Waals surface area contributed by atoms with Crippen molar-refractivity contribution in [3.05, 3.63) is 30.1 Å². The van der Waals surface area contributed by atoms with E-state index < -0.39 is 11.9 Å². The fraction of sp³-hybridized carbons (Fsp3) is 0.167. The van der Waals surface area contributed by atoms with Crippen LogP contribution in [0.4, 0.5) is 0 Å². The fourth-order valence-corrected chi connectivity index (χ4v) is 1.19. The van der Waals surface area contributed by atoms with Gasteiger partial charge in [0.15, 0.2) is 6.61 Å². The molecule has 0 aliphatic rings. The highest BCUT2D eigenvalue weighted by Gasteiger charge is 2.05. The normalized spacial score (nSPS) is 10.1. The average molecular weight is 233 g/mol. The smallest absolute Gasteiger partial charge is 0.328 e. The summed E-state index contributed by atoms with van der Waals surface area (Å²) in [5.41, 5.74) is 0.602. The maximum absolute atomic E-state index is 11.3. The van der Waals surface area contributed by atoms with Gasteiger partial charge in [-0.15, -0.1) is 6.42 Å². The molecule has 0 bridgehead atoms. The molecule has 0 saturated carbocycles. The summed E-state index contributed by atoms with van der Waals surface area (Å²) in [6.45, 7) is -0.0750. The Morgan fingerprint density at radius 1 is 1.59 bits per heavy atom. The van der Waals surface area contributed by atoms with E-state index in [4.69, 9.17) is 16.3 Å². The molecule has 0 aliphatic carbocycles. The van der Waals surface area contributed by atoms with Crippen molar-refractivity contribution < 1.29 is 19.4 Å². The van der Waals surface area contributed by atoms with Crippen LogP contribution in [0.3, 0.4) is 0 Å². The van der Waals surface area contributed by atoms with E-state index in [1.807, 2.05) is 0 Å². The van der Waals surface area contributed by atoms with E-state index in [1.54, 1.807) is 22.9 Å². The van der Waals surface area contributed by atoms with Crippen LogP contribution in [0, 0.1) is 12.3 Å². The van der Waals surface area contributed by atoms with Gasteiger partial charge in [0.05, 0.1) is 0 Å². The maximum Gasteiger partial charge on any atom is 0.328 e. The molecule has 0 spiro atoms. The van der Waals surface area contributed by atoms with Gasteiger partial charge in [-0.2, -0.15) is 0 Å². The largest absolute Gasteiger partial charge is 0.478 e. The number of ether oxygens (including phenoxy) is 1. The zero-order valence-electron chi connectivity index (χ0n) is 9.00. The van der Waals surface area contributed by atoms with Crippen molar-refractivity contribution in [1.82, 2.24) is 4.57 Å². The lowest BCUT2D eigenvalue weighted by molar-refractivity contribution is -0.142. The molecule has 17 heavy (non-hydrogen) atoms. The Balaban J connectivity index is 2.66. The van der Waals surface area contributed by atoms with Crippen molar-refractivity contribution in [2.45, 2.75) is 6.54 Å². The number of aliphatic carboxylic acids is 1. The second-order valence-corrected chi connectivity index (χ2v) is 3.10. The Labute approximate surface area is 98.3 Å². The van der Waals surface area contributed by atoms with E-state index in [9.17, 15) is 9.59 Å². The van der Waals surface area contributed by atoms with Gasteiger partial charge in [-0.3, -0.25) is 4.79 Å². The second-order valence-electron chi connectivity index (χ2n) is 3.10. The van der Waals surface area contributed by atoms with Crippen LogP contribution in [0.25, 0.3) is 6.08 Å². The Morgan fingerprint density at radius 2 is 2.35 bits per heavy atom. The summed E-state index contributed by atoms with van der Waals surface area (Å²) in [4.78, 5) is 21.6. The van der Waals surface area contributed by atoms with Crippen LogP contribution >= 0.6 is 0 Å². The predicted molar refractivity (Wildman–Crippen MR) is 60.9 cm³/mol. The van der Waals surface area contributed by atoms with Crippen molar-refractivity contribution in [2.75, 3.05) is 6.61 Å². The quantitative estimate of drug-likeness (QED) is 0.463. The van der Waals surface area contributed by atoms with E-state index in [1.165, 1.54) is 6.08 Å². The number of esters is 1. The number of rotatable bonds is 5. The van der Waals surface area contributed by atoms with E-state index in [2.05, 4.69) is 5.92 Å². The van der Waals surface area contributed by atoms with Crippen LogP contribution in [0.2, 0.25) is 0 Å². The third kappa shape index (κ3) is 4.26. The van der Waals surface area contributed by atoms with Gasteiger partial charge < -0.3 is 14.4 Å². The molecule has 1 rings (SSSR count). The van der Waals surface area contributed by atoms with Gasteiger partial charge in [0.2, 0.25) is 0 Å². The highest BCUT2D eigenvalue weighted by Crippen LogP contribution is 2.05. The van der Waals surface area contributed by atoms with Gasteiger partial charge in [-0.1, -0.05) is 5.92 Å². The van der Waals surface area contributed by atoms with Crippen molar-refractivity contribution >= 4 is 18.0 Å². The number of hydrogen-bond acceptors (Lipinski definition) is 3. The number of carbonyl (C=O) groups excluding carboxylic acids is 1. The summed E-state index contributed by atoms with van der Waals surface area (Å²) in [6, 6.07) is 3.39. The molecule has 0 aliphatic heterocycles. The Morgan fingerprint density at radius 3 is 3.00 bits per heavy atom. The first-order valence-corrected chi connectivity index (χ1v) is 4.78. The molecule has 0 aromatic carbocycles. The number of carboxylic acids is 1. The summed E-state index contributed by atoms with van der Waals surface area (Å²) < 4.78 is 6.28. The number of carboxylic acid groups (broad SMARTS) is 1. The minimum absolute atomic E-state index is 0.00598. The highest BCUT2D eigenvalue weighted by atomic mass is 16.5. The standard InChI is InChI=1S/C12H11NO4/c1-2-8-17-12(16)9-13-7-3-4-10(13)5-6-11(14)15/h1,3-7H,8-9H2,(H,14,15)/b6-5+. The fourth-order valence-electron chi connectivity index (χ4n) is 1.19. The Kier molecular flexibility index (Phi) is 4.58. The minimum atomic E-state index is -1.05. The molecule has 0 fully saturated rings. The van der Waals surface area contributed by atoms with Crippen molar-refractivity contribution in [3.63, 3.8) is 0 Å². The average Bonchev–Trinajstić information content (AvgIpc) is 2.71. The third-order valence-electron chi connectivity index (χ3n) is 1.88. The maximum atomic E-state index is 11.3. The Hall–Kier alpha value is -2.48. The number of aromatic nitrogens is 1. The van der Waals surface area contributed by atoms with E-state index in [-0.39, 0.29) is 13.2 Å². The summed E-state index contributed by atoms with van der Waals surface area (Å²) >= 11 is 0. The van der Waals surface area contributed by atoms with Crippen LogP contribution in [-0.4, -0.2) is 28.2 Å². The lowest BCUT2D eigenvalue weighted by atomic mass is 10.3. The van der Waals surface area contributed by atoms with Crippen LogP contribution in [-0.2, 0) is 20.9 Å². The molecule has 5 nitrogen and oxygen atoms in total. The molecule has 0 saturated heterocycles. The number of carbonyl (C=O) groups is 2. The topological polar surface area (TPSA) is 68.5 Å². The minimum Gasteiger partial charge on any atom is -0.478 e. The van der Waals surface area contributed by atoms with Crippen LogP contribution in [0.5, 0.6) is 0 Å². The molecule has 1 aromatic heterocycles. The van der Waals surface area contributed by atoms with Crippen LogP contribution < -0.4 is 0 Å². The molecular weight excluding hydrogens is 222 g/mol. The predicted octanol–water partition coefficient (Wildman–Crippen LogP) is 0.762. The van der Waals surface area contributed by atoms with Gasteiger partial charge in [0.1, 0.15) is 6.54 Å². The molecule has 0 unspecified atom stereocenters. The number of nitrogens with zero attached hydrogens (tertiary/aromatic N) is 1. The second kappa shape index (κ2) is 6.18. The molecule has 1 heterocycles. The van der Waals surface area contributed by atoms with E-state index in [0.29, 0.717) is 5.69 Å². The summed E-state index contributed by atoms with van der Waals surface area (Å²) in [6.07, 6.45) is 9.00. The van der Waals surface area contributed by atoms with Gasteiger partial charge in [-0.25, -0.2) is 4.79 Å². The monoisotopic (exact) mass is 233 g/mol. The van der Waals surface area contributed by atoms with Crippen molar-refractivity contribution in [3.8, 4) is 12.3 Å². The molecule has 1 aromatic rings. The first kappa shape index (κ1) is 12.6. The van der Waals surface area contributed by atoms with Gasteiger partial charge >= 0.3 is 11.9 Å². The SMILES string of the molecule is C#CCOC(=O)Cn1cccc1/C=C/C(=O)O. The molecule has 0 amide bonds. The van der Waals surface area contributed by atoms with Crippen molar-refractivity contribution in [1.29, 1.82) is 0 Å².